The first-order valence-electron chi connectivity index (χ1n) is 5.48. The van der Waals surface area contributed by atoms with Crippen LogP contribution in [0.15, 0.2) is 42.3 Å². The van der Waals surface area contributed by atoms with Crippen LogP contribution in [0.1, 0.15) is 5.56 Å². The minimum atomic E-state index is 0.183. The second-order valence-corrected chi connectivity index (χ2v) is 4.56. The Morgan fingerprint density at radius 3 is 2.95 bits per heavy atom. The van der Waals surface area contributed by atoms with Crippen molar-refractivity contribution >= 4 is 17.6 Å². The molecule has 0 saturated carbocycles. The third-order valence-electron chi connectivity index (χ3n) is 2.29. The van der Waals surface area contributed by atoms with Gasteiger partial charge in [0.15, 0.2) is 5.16 Å². The molecule has 0 saturated heterocycles. The number of rotatable bonds is 4. The summed E-state index contributed by atoms with van der Waals surface area (Å²) in [5.74, 6) is 0.862. The molecule has 0 radical (unpaired) electrons. The lowest BCUT2D eigenvalue weighted by Crippen LogP contribution is -2.02. The molecule has 19 heavy (non-hydrogen) atoms. The maximum Gasteiger partial charge on any atom is 0.190 e. The standard InChI is InChI=1S/C13H11N5S/c1-2-6-19-13-17-11(9-4-3-5-16-8-9)10(7-14)12(15)18-13/h2-5,8H,1,6H2,(H2,15,17,18). The van der Waals surface area contributed by atoms with Gasteiger partial charge in [0.2, 0.25) is 0 Å². The number of anilines is 1. The maximum atomic E-state index is 9.17. The van der Waals surface area contributed by atoms with E-state index >= 15 is 0 Å². The minimum Gasteiger partial charge on any atom is -0.382 e. The summed E-state index contributed by atoms with van der Waals surface area (Å²) in [4.78, 5) is 12.5. The summed E-state index contributed by atoms with van der Waals surface area (Å²) in [5.41, 5.74) is 7.34. The quantitative estimate of drug-likeness (QED) is 0.520. The molecule has 0 fully saturated rings. The number of nitrogens with two attached hydrogens (primary N) is 1. The van der Waals surface area contributed by atoms with Crippen molar-refractivity contribution in [3.8, 4) is 17.3 Å². The van der Waals surface area contributed by atoms with Gasteiger partial charge in [-0.15, -0.1) is 6.58 Å². The number of hydrogen-bond donors (Lipinski definition) is 1. The average molecular weight is 269 g/mol. The first-order chi connectivity index (χ1) is 9.26. The van der Waals surface area contributed by atoms with Crippen LogP contribution in [0.5, 0.6) is 0 Å². The van der Waals surface area contributed by atoms with Crippen molar-refractivity contribution in [2.24, 2.45) is 0 Å². The van der Waals surface area contributed by atoms with E-state index in [0.29, 0.717) is 16.6 Å². The van der Waals surface area contributed by atoms with Gasteiger partial charge in [-0.05, 0) is 12.1 Å². The fourth-order valence-corrected chi connectivity index (χ4v) is 2.06. The molecule has 0 atom stereocenters. The van der Waals surface area contributed by atoms with Gasteiger partial charge in [0.25, 0.3) is 0 Å². The van der Waals surface area contributed by atoms with Gasteiger partial charge in [0.1, 0.15) is 17.5 Å². The summed E-state index contributed by atoms with van der Waals surface area (Å²) in [5, 5.41) is 9.70. The van der Waals surface area contributed by atoms with Gasteiger partial charge < -0.3 is 5.73 Å². The Morgan fingerprint density at radius 1 is 1.47 bits per heavy atom. The minimum absolute atomic E-state index is 0.183. The highest BCUT2D eigenvalue weighted by Gasteiger charge is 2.14. The molecule has 6 heteroatoms. The van der Waals surface area contributed by atoms with Crippen LogP contribution in [-0.2, 0) is 0 Å². The first-order valence-corrected chi connectivity index (χ1v) is 6.46. The Balaban J connectivity index is 2.54. The van der Waals surface area contributed by atoms with Crippen molar-refractivity contribution in [2.45, 2.75) is 5.16 Å². The van der Waals surface area contributed by atoms with E-state index in [1.165, 1.54) is 11.8 Å². The zero-order valence-corrected chi connectivity index (χ0v) is 10.9. The summed E-state index contributed by atoms with van der Waals surface area (Å²) < 4.78 is 0. The zero-order valence-electron chi connectivity index (χ0n) is 10.1. The van der Waals surface area contributed by atoms with E-state index in [0.717, 1.165) is 5.56 Å². The Bertz CT molecular complexity index is 633. The molecule has 0 aliphatic heterocycles. The van der Waals surface area contributed by atoms with Crippen molar-refractivity contribution in [2.75, 3.05) is 11.5 Å². The Kier molecular flexibility index (Phi) is 4.11. The SMILES string of the molecule is C=CCSc1nc(N)c(C#N)c(-c2cccnc2)n1. The third-order valence-corrected chi connectivity index (χ3v) is 3.14. The normalized spacial score (nSPS) is 9.84. The van der Waals surface area contributed by atoms with Crippen molar-refractivity contribution in [1.82, 2.24) is 15.0 Å². The molecule has 0 spiro atoms. The Morgan fingerprint density at radius 2 is 2.32 bits per heavy atom. The lowest BCUT2D eigenvalue weighted by Gasteiger charge is -2.07. The highest BCUT2D eigenvalue weighted by atomic mass is 32.2. The summed E-state index contributed by atoms with van der Waals surface area (Å²) in [7, 11) is 0. The number of nitrogen functional groups attached to an aromatic ring is 1. The highest BCUT2D eigenvalue weighted by Crippen LogP contribution is 2.26. The number of thioether (sulfide) groups is 1. The number of aromatic nitrogens is 3. The van der Waals surface area contributed by atoms with E-state index in [9.17, 15) is 5.26 Å². The molecule has 2 heterocycles. The maximum absolute atomic E-state index is 9.17. The Labute approximate surface area is 115 Å². The molecular formula is C13H11N5S. The second-order valence-electron chi connectivity index (χ2n) is 3.57. The van der Waals surface area contributed by atoms with Gasteiger partial charge in [-0.1, -0.05) is 17.8 Å². The van der Waals surface area contributed by atoms with Crippen LogP contribution < -0.4 is 5.73 Å². The topological polar surface area (TPSA) is 88.5 Å². The molecule has 0 aliphatic rings. The molecule has 0 unspecified atom stereocenters. The number of nitriles is 1. The van der Waals surface area contributed by atoms with E-state index in [-0.39, 0.29) is 11.4 Å². The number of nitrogens with zero attached hydrogens (tertiary/aromatic N) is 4. The summed E-state index contributed by atoms with van der Waals surface area (Å²) >= 11 is 1.41. The predicted molar refractivity (Wildman–Crippen MR) is 75.3 cm³/mol. The van der Waals surface area contributed by atoms with Crippen LogP contribution in [0.25, 0.3) is 11.3 Å². The molecule has 94 valence electrons. The van der Waals surface area contributed by atoms with Crippen LogP contribution >= 0.6 is 11.8 Å². The lowest BCUT2D eigenvalue weighted by atomic mass is 10.1. The molecule has 2 aromatic heterocycles. The number of hydrogen-bond acceptors (Lipinski definition) is 6. The molecule has 0 amide bonds. The smallest absolute Gasteiger partial charge is 0.190 e. The third kappa shape index (κ3) is 2.89. The van der Waals surface area contributed by atoms with Crippen LogP contribution in [0.2, 0.25) is 0 Å². The zero-order chi connectivity index (χ0) is 13.7. The second kappa shape index (κ2) is 5.98. The Hall–Kier alpha value is -2.39. The van der Waals surface area contributed by atoms with Crippen LogP contribution in [0.3, 0.4) is 0 Å². The average Bonchev–Trinajstić information content (AvgIpc) is 2.45. The first kappa shape index (κ1) is 13.1. The van der Waals surface area contributed by atoms with Crippen LogP contribution in [0.4, 0.5) is 5.82 Å². The van der Waals surface area contributed by atoms with Crippen LogP contribution in [-0.4, -0.2) is 20.7 Å². The highest BCUT2D eigenvalue weighted by molar-refractivity contribution is 7.99. The largest absolute Gasteiger partial charge is 0.382 e. The van der Waals surface area contributed by atoms with Gasteiger partial charge >= 0.3 is 0 Å². The fraction of sp³-hybridized carbons (Fsp3) is 0.0769. The molecule has 0 aromatic carbocycles. The van der Waals surface area contributed by atoms with E-state index in [1.54, 1.807) is 24.5 Å². The van der Waals surface area contributed by atoms with Gasteiger partial charge in [-0.25, -0.2) is 9.97 Å². The van der Waals surface area contributed by atoms with Gasteiger partial charge in [0.05, 0.1) is 5.69 Å². The summed E-state index contributed by atoms with van der Waals surface area (Å²) in [6, 6.07) is 5.65. The van der Waals surface area contributed by atoms with Gasteiger partial charge in [0, 0.05) is 23.7 Å². The molecule has 2 rings (SSSR count). The fourth-order valence-electron chi connectivity index (χ4n) is 1.48. The molecule has 2 N–H and O–H groups in total. The van der Waals surface area contributed by atoms with E-state index in [4.69, 9.17) is 5.73 Å². The van der Waals surface area contributed by atoms with Gasteiger partial charge in [-0.3, -0.25) is 4.98 Å². The molecule has 5 nitrogen and oxygen atoms in total. The van der Waals surface area contributed by atoms with E-state index < -0.39 is 0 Å². The predicted octanol–water partition coefficient (Wildman–Crippen LogP) is 2.27. The summed E-state index contributed by atoms with van der Waals surface area (Å²) in [6.45, 7) is 3.64. The number of pyridine rings is 1. The molecular weight excluding hydrogens is 258 g/mol. The van der Waals surface area contributed by atoms with Crippen molar-refractivity contribution in [3.05, 3.63) is 42.7 Å². The summed E-state index contributed by atoms with van der Waals surface area (Å²) in [6.07, 6.45) is 5.06. The van der Waals surface area contributed by atoms with Crippen LogP contribution in [0, 0.1) is 11.3 Å². The van der Waals surface area contributed by atoms with Gasteiger partial charge in [-0.2, -0.15) is 5.26 Å². The van der Waals surface area contributed by atoms with E-state index in [1.807, 2.05) is 12.1 Å². The van der Waals surface area contributed by atoms with Crippen molar-refractivity contribution < 1.29 is 0 Å². The molecule has 0 bridgehead atoms. The van der Waals surface area contributed by atoms with Crippen molar-refractivity contribution in [1.29, 1.82) is 5.26 Å². The van der Waals surface area contributed by atoms with E-state index in [2.05, 4.69) is 21.5 Å². The molecule has 0 aliphatic carbocycles. The molecule has 2 aromatic rings. The monoisotopic (exact) mass is 269 g/mol. The van der Waals surface area contributed by atoms with Crippen molar-refractivity contribution in [3.63, 3.8) is 0 Å². The lowest BCUT2D eigenvalue weighted by molar-refractivity contribution is 0.976.